The highest BCUT2D eigenvalue weighted by molar-refractivity contribution is 5.89. The molecule has 0 atom stereocenters. The quantitative estimate of drug-likeness (QED) is 0.517. The maximum absolute atomic E-state index is 9.44. The molecule has 2 aromatic carbocycles. The molecule has 1 heteroatoms. The molecule has 1 saturated carbocycles. The zero-order chi connectivity index (χ0) is 15.2. The summed E-state index contributed by atoms with van der Waals surface area (Å²) in [5.74, 6) is 0.714. The first-order valence-corrected chi connectivity index (χ1v) is 8.14. The molecule has 0 heterocycles. The Morgan fingerprint density at radius 2 is 1.59 bits per heavy atom. The molecule has 0 amide bonds. The predicted molar refractivity (Wildman–Crippen MR) is 92.2 cm³/mol. The van der Waals surface area contributed by atoms with Gasteiger partial charge in [0.1, 0.15) is 0 Å². The standard InChI is InChI=1S/C21H21N/c22-16-21(15-17-7-3-1-4-8-17)20-13-11-19(12-14-20)18-9-5-2-6-10-18/h1,3-4,7-8,11-15,18H,2,5-6,9-10H2/b21-15-. The van der Waals surface area contributed by atoms with E-state index in [0.717, 1.165) is 16.7 Å². The van der Waals surface area contributed by atoms with Gasteiger partial charge >= 0.3 is 0 Å². The smallest absolute Gasteiger partial charge is 0.0998 e. The number of rotatable bonds is 3. The van der Waals surface area contributed by atoms with Crippen LogP contribution in [0.15, 0.2) is 54.6 Å². The maximum Gasteiger partial charge on any atom is 0.0998 e. The third kappa shape index (κ3) is 3.46. The van der Waals surface area contributed by atoms with Gasteiger partial charge in [-0.2, -0.15) is 5.26 Å². The van der Waals surface area contributed by atoms with Crippen molar-refractivity contribution < 1.29 is 0 Å². The van der Waals surface area contributed by atoms with Crippen LogP contribution in [0.5, 0.6) is 0 Å². The first-order valence-electron chi connectivity index (χ1n) is 8.14. The molecule has 0 aliphatic heterocycles. The van der Waals surface area contributed by atoms with E-state index in [9.17, 15) is 5.26 Å². The molecule has 1 aliphatic rings. The second-order valence-corrected chi connectivity index (χ2v) is 6.04. The maximum atomic E-state index is 9.44. The highest BCUT2D eigenvalue weighted by atomic mass is 14.3. The molecule has 1 aliphatic carbocycles. The van der Waals surface area contributed by atoms with E-state index in [1.54, 1.807) is 0 Å². The van der Waals surface area contributed by atoms with Gasteiger partial charge in [-0.3, -0.25) is 0 Å². The van der Waals surface area contributed by atoms with Gasteiger partial charge in [0.25, 0.3) is 0 Å². The fourth-order valence-electron chi connectivity index (χ4n) is 3.27. The minimum absolute atomic E-state index is 0.714. The van der Waals surface area contributed by atoms with Gasteiger partial charge in [0, 0.05) is 0 Å². The Morgan fingerprint density at radius 3 is 2.23 bits per heavy atom. The molecule has 2 aromatic rings. The first-order chi connectivity index (χ1) is 10.9. The van der Waals surface area contributed by atoms with Crippen molar-refractivity contribution in [1.29, 1.82) is 5.26 Å². The molecule has 1 fully saturated rings. The zero-order valence-corrected chi connectivity index (χ0v) is 12.8. The number of hydrogen-bond donors (Lipinski definition) is 0. The van der Waals surface area contributed by atoms with Crippen LogP contribution in [0.25, 0.3) is 11.6 Å². The van der Waals surface area contributed by atoms with Crippen LogP contribution in [0.3, 0.4) is 0 Å². The third-order valence-corrected chi connectivity index (χ3v) is 4.53. The zero-order valence-electron chi connectivity index (χ0n) is 12.8. The molecule has 0 radical (unpaired) electrons. The lowest BCUT2D eigenvalue weighted by molar-refractivity contribution is 0.443. The molecule has 110 valence electrons. The van der Waals surface area contributed by atoms with Crippen molar-refractivity contribution in [3.8, 4) is 6.07 Å². The number of benzene rings is 2. The summed E-state index contributed by atoms with van der Waals surface area (Å²) >= 11 is 0. The van der Waals surface area contributed by atoms with Crippen molar-refractivity contribution in [2.75, 3.05) is 0 Å². The molecular formula is C21H21N. The van der Waals surface area contributed by atoms with Gasteiger partial charge in [-0.15, -0.1) is 0 Å². The lowest BCUT2D eigenvalue weighted by atomic mass is 9.83. The Hall–Kier alpha value is -2.33. The summed E-state index contributed by atoms with van der Waals surface area (Å²) in [6.07, 6.45) is 8.66. The number of allylic oxidation sites excluding steroid dienone is 1. The second kappa shape index (κ2) is 7.09. The highest BCUT2D eigenvalue weighted by Gasteiger charge is 2.15. The van der Waals surface area contributed by atoms with Crippen LogP contribution in [0.2, 0.25) is 0 Å². The van der Waals surface area contributed by atoms with Crippen LogP contribution in [-0.2, 0) is 0 Å². The van der Waals surface area contributed by atoms with Crippen molar-refractivity contribution >= 4 is 11.6 Å². The van der Waals surface area contributed by atoms with E-state index < -0.39 is 0 Å². The SMILES string of the molecule is N#C/C(=C/c1ccccc1)c1ccc(C2CCCCC2)cc1. The Morgan fingerprint density at radius 1 is 0.909 bits per heavy atom. The molecule has 0 spiro atoms. The molecule has 0 aromatic heterocycles. The summed E-state index contributed by atoms with van der Waals surface area (Å²) in [5.41, 5.74) is 4.23. The van der Waals surface area contributed by atoms with Crippen molar-refractivity contribution in [3.05, 3.63) is 71.3 Å². The molecule has 3 rings (SSSR count). The average Bonchev–Trinajstić information content (AvgIpc) is 2.61. The topological polar surface area (TPSA) is 23.8 Å². The predicted octanol–water partition coefficient (Wildman–Crippen LogP) is 5.80. The van der Waals surface area contributed by atoms with Crippen molar-refractivity contribution in [2.24, 2.45) is 0 Å². The molecule has 1 nitrogen and oxygen atoms in total. The van der Waals surface area contributed by atoms with Gasteiger partial charge in [0.05, 0.1) is 11.6 Å². The lowest BCUT2D eigenvalue weighted by Crippen LogP contribution is -2.04. The lowest BCUT2D eigenvalue weighted by Gasteiger charge is -2.22. The Balaban J connectivity index is 1.82. The highest BCUT2D eigenvalue weighted by Crippen LogP contribution is 2.33. The normalized spacial score (nSPS) is 16.2. The van der Waals surface area contributed by atoms with Gasteiger partial charge in [-0.05, 0) is 41.5 Å². The molecule has 0 saturated heterocycles. The third-order valence-electron chi connectivity index (χ3n) is 4.53. The molecule has 22 heavy (non-hydrogen) atoms. The molecule has 0 N–H and O–H groups in total. The van der Waals surface area contributed by atoms with Crippen molar-refractivity contribution in [1.82, 2.24) is 0 Å². The van der Waals surface area contributed by atoms with Gasteiger partial charge in [0.2, 0.25) is 0 Å². The van der Waals surface area contributed by atoms with Crippen LogP contribution in [-0.4, -0.2) is 0 Å². The monoisotopic (exact) mass is 287 g/mol. The number of hydrogen-bond acceptors (Lipinski definition) is 1. The van der Waals surface area contributed by atoms with Gasteiger partial charge < -0.3 is 0 Å². The van der Waals surface area contributed by atoms with Crippen LogP contribution in [0.1, 0.15) is 54.7 Å². The summed E-state index contributed by atoms with van der Waals surface area (Å²) < 4.78 is 0. The van der Waals surface area contributed by atoms with E-state index >= 15 is 0 Å². The minimum Gasteiger partial charge on any atom is -0.192 e. The number of nitriles is 1. The van der Waals surface area contributed by atoms with E-state index in [1.165, 1.54) is 37.7 Å². The van der Waals surface area contributed by atoms with Crippen molar-refractivity contribution in [3.63, 3.8) is 0 Å². The summed E-state index contributed by atoms with van der Waals surface area (Å²) in [6, 6.07) is 21.0. The molecule has 0 bridgehead atoms. The van der Waals surface area contributed by atoms with Crippen LogP contribution >= 0.6 is 0 Å². The fourth-order valence-corrected chi connectivity index (χ4v) is 3.27. The summed E-state index contributed by atoms with van der Waals surface area (Å²) in [7, 11) is 0. The molecular weight excluding hydrogens is 266 g/mol. The van der Waals surface area contributed by atoms with Crippen molar-refractivity contribution in [2.45, 2.75) is 38.0 Å². The van der Waals surface area contributed by atoms with Gasteiger partial charge in [-0.1, -0.05) is 73.9 Å². The second-order valence-electron chi connectivity index (χ2n) is 6.04. The average molecular weight is 287 g/mol. The van der Waals surface area contributed by atoms with Crippen LogP contribution in [0, 0.1) is 11.3 Å². The van der Waals surface area contributed by atoms with Gasteiger partial charge in [-0.25, -0.2) is 0 Å². The molecule has 0 unspecified atom stereocenters. The Bertz CT molecular complexity index is 668. The van der Waals surface area contributed by atoms with E-state index in [0.29, 0.717) is 5.92 Å². The minimum atomic E-state index is 0.714. The van der Waals surface area contributed by atoms with E-state index in [-0.39, 0.29) is 0 Å². The van der Waals surface area contributed by atoms with E-state index in [1.807, 2.05) is 36.4 Å². The van der Waals surface area contributed by atoms with E-state index in [4.69, 9.17) is 0 Å². The van der Waals surface area contributed by atoms with Crippen LogP contribution < -0.4 is 0 Å². The van der Waals surface area contributed by atoms with E-state index in [2.05, 4.69) is 30.3 Å². The number of nitrogens with zero attached hydrogens (tertiary/aromatic N) is 1. The summed E-state index contributed by atoms with van der Waals surface area (Å²) in [5, 5.41) is 9.44. The summed E-state index contributed by atoms with van der Waals surface area (Å²) in [4.78, 5) is 0. The summed E-state index contributed by atoms with van der Waals surface area (Å²) in [6.45, 7) is 0. The Labute approximate surface area is 132 Å². The van der Waals surface area contributed by atoms with Gasteiger partial charge in [0.15, 0.2) is 0 Å². The van der Waals surface area contributed by atoms with Crippen LogP contribution in [0.4, 0.5) is 0 Å². The largest absolute Gasteiger partial charge is 0.192 e. The first kappa shape index (κ1) is 14.6. The fraction of sp³-hybridized carbons (Fsp3) is 0.286. The Kier molecular flexibility index (Phi) is 4.71.